The van der Waals surface area contributed by atoms with Gasteiger partial charge < -0.3 is 0 Å². The molecule has 0 N–H and O–H groups in total. The fourth-order valence-electron chi connectivity index (χ4n) is 5.43. The maximum atomic E-state index is 4.82. The highest BCUT2D eigenvalue weighted by Crippen LogP contribution is 2.47. The summed E-state index contributed by atoms with van der Waals surface area (Å²) in [6.45, 7) is 0. The molecular formula is C36H25N3. The summed E-state index contributed by atoms with van der Waals surface area (Å²) >= 11 is 0. The standard InChI is InChI=1S/C36H25N3/c1-2-12-26(13-3-1)27-20-22-28(23-21-27)39(34-19-9-11-25-38-34)36-31-16-6-4-14-29(31)35(33-18-8-10-24-37-33)30-15-5-7-17-32(30)36/h1-25H. The fraction of sp³-hybridized carbons (Fsp3) is 0. The minimum atomic E-state index is 0.867. The van der Waals surface area contributed by atoms with Crippen LogP contribution >= 0.6 is 0 Å². The highest BCUT2D eigenvalue weighted by molar-refractivity contribution is 6.21. The Balaban J connectivity index is 1.53. The van der Waals surface area contributed by atoms with Gasteiger partial charge in [-0.25, -0.2) is 4.98 Å². The lowest BCUT2D eigenvalue weighted by molar-refractivity contribution is 1.19. The molecular weight excluding hydrogens is 474 g/mol. The van der Waals surface area contributed by atoms with E-state index < -0.39 is 0 Å². The summed E-state index contributed by atoms with van der Waals surface area (Å²) in [6.07, 6.45) is 3.72. The van der Waals surface area contributed by atoms with Crippen molar-refractivity contribution in [3.63, 3.8) is 0 Å². The molecule has 7 aromatic rings. The predicted molar refractivity (Wildman–Crippen MR) is 163 cm³/mol. The third kappa shape index (κ3) is 4.11. The van der Waals surface area contributed by atoms with Crippen molar-refractivity contribution in [3.05, 3.63) is 152 Å². The third-order valence-corrected chi connectivity index (χ3v) is 7.16. The lowest BCUT2D eigenvalue weighted by Crippen LogP contribution is -2.13. The van der Waals surface area contributed by atoms with Crippen LogP contribution in [0.5, 0.6) is 0 Å². The van der Waals surface area contributed by atoms with Gasteiger partial charge in [0.2, 0.25) is 0 Å². The van der Waals surface area contributed by atoms with Gasteiger partial charge in [0, 0.05) is 34.4 Å². The molecule has 5 aromatic carbocycles. The Morgan fingerprint density at radius 2 is 0.949 bits per heavy atom. The van der Waals surface area contributed by atoms with Gasteiger partial charge in [0.15, 0.2) is 0 Å². The van der Waals surface area contributed by atoms with Gasteiger partial charge in [-0.3, -0.25) is 9.88 Å². The Hall–Kier alpha value is -5.28. The lowest BCUT2D eigenvalue weighted by atomic mass is 9.92. The molecule has 0 unspecified atom stereocenters. The zero-order valence-electron chi connectivity index (χ0n) is 21.3. The monoisotopic (exact) mass is 499 g/mol. The van der Waals surface area contributed by atoms with Gasteiger partial charge in [-0.2, -0.15) is 0 Å². The van der Waals surface area contributed by atoms with E-state index in [1.54, 1.807) is 0 Å². The fourth-order valence-corrected chi connectivity index (χ4v) is 5.43. The molecule has 0 spiro atoms. The van der Waals surface area contributed by atoms with Crippen LogP contribution in [0.15, 0.2) is 152 Å². The maximum Gasteiger partial charge on any atom is 0.137 e. The zero-order valence-corrected chi connectivity index (χ0v) is 21.3. The number of benzene rings is 5. The second-order valence-corrected chi connectivity index (χ2v) is 9.47. The van der Waals surface area contributed by atoms with Crippen LogP contribution < -0.4 is 4.90 Å². The average molecular weight is 500 g/mol. The van der Waals surface area contributed by atoms with E-state index in [4.69, 9.17) is 9.97 Å². The Kier molecular flexibility index (Phi) is 5.80. The van der Waals surface area contributed by atoms with Gasteiger partial charge in [0.05, 0.1) is 11.4 Å². The van der Waals surface area contributed by atoms with Crippen molar-refractivity contribution >= 4 is 38.7 Å². The Bertz CT molecular complexity index is 1830. The number of rotatable bonds is 5. The molecule has 0 radical (unpaired) electrons. The summed E-state index contributed by atoms with van der Waals surface area (Å²) in [7, 11) is 0. The summed E-state index contributed by atoms with van der Waals surface area (Å²) < 4.78 is 0. The summed E-state index contributed by atoms with van der Waals surface area (Å²) in [5.74, 6) is 0.867. The molecule has 0 amide bonds. The number of anilines is 3. The zero-order chi connectivity index (χ0) is 26.0. The minimum absolute atomic E-state index is 0.867. The lowest BCUT2D eigenvalue weighted by Gasteiger charge is -2.28. The summed E-state index contributed by atoms with van der Waals surface area (Å²) in [4.78, 5) is 11.9. The van der Waals surface area contributed by atoms with Crippen LogP contribution in [0.2, 0.25) is 0 Å². The molecule has 7 rings (SSSR count). The van der Waals surface area contributed by atoms with Gasteiger partial charge in [0.25, 0.3) is 0 Å². The maximum absolute atomic E-state index is 4.82. The van der Waals surface area contributed by atoms with Crippen LogP contribution in [-0.4, -0.2) is 9.97 Å². The van der Waals surface area contributed by atoms with Crippen molar-refractivity contribution in [1.29, 1.82) is 0 Å². The Morgan fingerprint density at radius 3 is 1.54 bits per heavy atom. The molecule has 0 atom stereocenters. The summed E-state index contributed by atoms with van der Waals surface area (Å²) in [6, 6.07) is 48.6. The summed E-state index contributed by atoms with van der Waals surface area (Å²) in [5, 5.41) is 4.61. The Morgan fingerprint density at radius 1 is 0.410 bits per heavy atom. The first kappa shape index (κ1) is 22.9. The van der Waals surface area contributed by atoms with E-state index in [0.29, 0.717) is 0 Å². The highest BCUT2D eigenvalue weighted by atomic mass is 15.2. The van der Waals surface area contributed by atoms with Crippen molar-refractivity contribution in [2.45, 2.75) is 0 Å². The molecule has 39 heavy (non-hydrogen) atoms. The van der Waals surface area contributed by atoms with Crippen LogP contribution in [0.25, 0.3) is 43.9 Å². The van der Waals surface area contributed by atoms with Crippen molar-refractivity contribution in [3.8, 4) is 22.4 Å². The van der Waals surface area contributed by atoms with Crippen molar-refractivity contribution in [1.82, 2.24) is 9.97 Å². The highest BCUT2D eigenvalue weighted by Gasteiger charge is 2.22. The van der Waals surface area contributed by atoms with Gasteiger partial charge in [-0.05, 0) is 58.3 Å². The quantitative estimate of drug-likeness (QED) is 0.221. The first-order chi connectivity index (χ1) is 19.4. The topological polar surface area (TPSA) is 29.0 Å². The molecule has 0 aliphatic carbocycles. The van der Waals surface area contributed by atoms with E-state index in [0.717, 1.165) is 50.0 Å². The number of aromatic nitrogens is 2. The summed E-state index contributed by atoms with van der Waals surface area (Å²) in [5.41, 5.74) is 6.64. The van der Waals surface area contributed by atoms with Crippen molar-refractivity contribution in [2.75, 3.05) is 4.90 Å². The first-order valence-corrected chi connectivity index (χ1v) is 13.1. The molecule has 184 valence electrons. The van der Waals surface area contributed by atoms with Crippen LogP contribution in [0.3, 0.4) is 0 Å². The van der Waals surface area contributed by atoms with Crippen LogP contribution in [0, 0.1) is 0 Å². The number of hydrogen-bond donors (Lipinski definition) is 0. The van der Waals surface area contributed by atoms with Crippen LogP contribution in [0.1, 0.15) is 0 Å². The van der Waals surface area contributed by atoms with E-state index in [1.807, 2.05) is 42.7 Å². The first-order valence-electron chi connectivity index (χ1n) is 13.1. The second-order valence-electron chi connectivity index (χ2n) is 9.47. The smallest absolute Gasteiger partial charge is 0.137 e. The number of hydrogen-bond acceptors (Lipinski definition) is 3. The molecule has 3 heteroatoms. The number of nitrogens with zero attached hydrogens (tertiary/aromatic N) is 3. The van der Waals surface area contributed by atoms with Gasteiger partial charge >= 0.3 is 0 Å². The van der Waals surface area contributed by atoms with E-state index in [1.165, 1.54) is 11.1 Å². The normalized spacial score (nSPS) is 11.1. The SMILES string of the molecule is c1ccc(-c2ccc(N(c3ccccn3)c3c4ccccc4c(-c4ccccn4)c4ccccc34)cc2)cc1. The Labute approximate surface area is 227 Å². The van der Waals surface area contributed by atoms with E-state index in [9.17, 15) is 0 Å². The van der Waals surface area contributed by atoms with E-state index in [2.05, 4.69) is 114 Å². The van der Waals surface area contributed by atoms with E-state index >= 15 is 0 Å². The molecule has 2 aromatic heterocycles. The van der Waals surface area contributed by atoms with Crippen LogP contribution in [0.4, 0.5) is 17.2 Å². The largest absolute Gasteiger partial charge is 0.294 e. The van der Waals surface area contributed by atoms with Gasteiger partial charge in [0.1, 0.15) is 5.82 Å². The molecule has 0 aliphatic rings. The molecule has 0 saturated heterocycles. The van der Waals surface area contributed by atoms with E-state index in [-0.39, 0.29) is 0 Å². The molecule has 0 bridgehead atoms. The molecule has 2 heterocycles. The van der Waals surface area contributed by atoms with Crippen molar-refractivity contribution < 1.29 is 0 Å². The van der Waals surface area contributed by atoms with Crippen LogP contribution in [-0.2, 0) is 0 Å². The predicted octanol–water partition coefficient (Wildman–Crippen LogP) is 9.59. The van der Waals surface area contributed by atoms with Gasteiger partial charge in [-0.1, -0.05) is 103 Å². The number of fused-ring (bicyclic) bond motifs is 2. The third-order valence-electron chi connectivity index (χ3n) is 7.16. The molecule has 0 aliphatic heterocycles. The van der Waals surface area contributed by atoms with Gasteiger partial charge in [-0.15, -0.1) is 0 Å². The minimum Gasteiger partial charge on any atom is -0.294 e. The number of pyridine rings is 2. The molecule has 0 fully saturated rings. The second kappa shape index (κ2) is 9.88. The average Bonchev–Trinajstić information content (AvgIpc) is 3.02. The molecule has 3 nitrogen and oxygen atoms in total. The molecule has 0 saturated carbocycles. The van der Waals surface area contributed by atoms with Crippen molar-refractivity contribution in [2.24, 2.45) is 0 Å².